The number of benzene rings is 1. The third kappa shape index (κ3) is 5.44. The highest BCUT2D eigenvalue weighted by Gasteiger charge is 2.27. The number of hydrogen-bond acceptors (Lipinski definition) is 5. The predicted octanol–water partition coefficient (Wildman–Crippen LogP) is 2.80. The highest BCUT2D eigenvalue weighted by atomic mass is 32.1. The van der Waals surface area contributed by atoms with Gasteiger partial charge in [0.1, 0.15) is 0 Å². The van der Waals surface area contributed by atoms with Gasteiger partial charge in [-0.15, -0.1) is 11.3 Å². The lowest BCUT2D eigenvalue weighted by molar-refractivity contribution is -0.116. The fourth-order valence-electron chi connectivity index (χ4n) is 4.34. The second kappa shape index (κ2) is 10.3. The monoisotopic (exact) mass is 441 g/mol. The lowest BCUT2D eigenvalue weighted by Crippen LogP contribution is -2.48. The average Bonchev–Trinajstić information content (AvgIpc) is 3.30. The second-order valence-corrected chi connectivity index (χ2v) is 9.06. The first kappa shape index (κ1) is 21.8. The first-order valence-electron chi connectivity index (χ1n) is 10.9. The highest BCUT2D eigenvalue weighted by Crippen LogP contribution is 2.31. The molecule has 3 unspecified atom stereocenters. The normalized spacial score (nSPS) is 23.0. The molecule has 3 atom stereocenters. The summed E-state index contributed by atoms with van der Waals surface area (Å²) in [6.45, 7) is 6.15. The fraction of sp³-hybridized carbons (Fsp3) is 0.478. The maximum Gasteiger partial charge on any atom is 0.225 e. The van der Waals surface area contributed by atoms with Crippen molar-refractivity contribution >= 4 is 28.9 Å². The second-order valence-electron chi connectivity index (χ2n) is 8.08. The first-order chi connectivity index (χ1) is 15.1. The van der Waals surface area contributed by atoms with Gasteiger partial charge in [-0.3, -0.25) is 14.7 Å². The summed E-state index contributed by atoms with van der Waals surface area (Å²) in [6, 6.07) is 12.6. The van der Waals surface area contributed by atoms with Crippen LogP contribution in [0.15, 0.2) is 46.8 Å². The Morgan fingerprint density at radius 3 is 2.97 bits per heavy atom. The Bertz CT molecular complexity index is 901. The van der Waals surface area contributed by atoms with Crippen LogP contribution >= 0.6 is 11.3 Å². The van der Waals surface area contributed by atoms with Crippen LogP contribution in [0.3, 0.4) is 0 Å². The molecule has 0 aliphatic carbocycles. The number of nitrogens with one attached hydrogen (secondary N) is 3. The average molecular weight is 442 g/mol. The molecule has 7 nitrogen and oxygen atoms in total. The Balaban J connectivity index is 1.38. The maximum atomic E-state index is 12.1. The minimum atomic E-state index is 0.0626. The lowest BCUT2D eigenvalue weighted by atomic mass is 9.90. The molecule has 2 aliphatic rings. The summed E-state index contributed by atoms with van der Waals surface area (Å²) in [5, 5.41) is 12.0. The summed E-state index contributed by atoms with van der Waals surface area (Å²) < 4.78 is 5.74. The molecule has 2 aromatic rings. The number of rotatable bonds is 6. The number of fused-ring (bicyclic) bond motifs is 1. The van der Waals surface area contributed by atoms with Crippen molar-refractivity contribution < 1.29 is 9.53 Å². The Hall–Kier alpha value is -2.42. The minimum absolute atomic E-state index is 0.0626. The molecular formula is C23H31N5O2S. The first-order valence-corrected chi connectivity index (χ1v) is 11.7. The minimum Gasteiger partial charge on any atom is -0.376 e. The summed E-state index contributed by atoms with van der Waals surface area (Å²) in [4.78, 5) is 20.3. The van der Waals surface area contributed by atoms with Gasteiger partial charge in [-0.2, -0.15) is 0 Å². The number of guanidine groups is 1. The van der Waals surface area contributed by atoms with E-state index in [4.69, 9.17) is 4.74 Å². The van der Waals surface area contributed by atoms with E-state index < -0.39 is 0 Å². The molecule has 31 heavy (non-hydrogen) atoms. The molecule has 8 heteroatoms. The van der Waals surface area contributed by atoms with Crippen LogP contribution in [0.25, 0.3) is 0 Å². The van der Waals surface area contributed by atoms with E-state index in [-0.39, 0.29) is 24.0 Å². The number of nitrogens with zero attached hydrogens (tertiary/aromatic N) is 2. The van der Waals surface area contributed by atoms with Crippen LogP contribution in [0.4, 0.5) is 5.69 Å². The number of ether oxygens (including phenoxy) is 1. The number of amides is 1. The lowest BCUT2D eigenvalue weighted by Gasteiger charge is -2.37. The van der Waals surface area contributed by atoms with Crippen LogP contribution in [0.1, 0.15) is 35.7 Å². The highest BCUT2D eigenvalue weighted by molar-refractivity contribution is 7.10. The van der Waals surface area contributed by atoms with E-state index >= 15 is 0 Å². The van der Waals surface area contributed by atoms with Crippen molar-refractivity contribution in [3.63, 3.8) is 0 Å². The molecule has 2 aliphatic heterocycles. The molecule has 1 aromatic heterocycles. The number of thiophene rings is 1. The van der Waals surface area contributed by atoms with Gasteiger partial charge in [0.05, 0.1) is 18.8 Å². The van der Waals surface area contributed by atoms with Crippen molar-refractivity contribution in [2.24, 2.45) is 4.99 Å². The van der Waals surface area contributed by atoms with Crippen molar-refractivity contribution in [1.82, 2.24) is 15.5 Å². The number of hydrogen-bond donors (Lipinski definition) is 3. The van der Waals surface area contributed by atoms with Crippen molar-refractivity contribution in [3.8, 4) is 0 Å². The van der Waals surface area contributed by atoms with E-state index in [9.17, 15) is 4.79 Å². The summed E-state index contributed by atoms with van der Waals surface area (Å²) >= 11 is 1.79. The molecule has 3 N–H and O–H groups in total. The molecule has 166 valence electrons. The molecule has 0 saturated carbocycles. The number of carbonyl (C=O) groups is 1. The molecular weight excluding hydrogens is 410 g/mol. The van der Waals surface area contributed by atoms with Crippen LogP contribution in [-0.4, -0.2) is 62.7 Å². The number of anilines is 1. The van der Waals surface area contributed by atoms with Gasteiger partial charge >= 0.3 is 0 Å². The number of carbonyl (C=O) groups excluding carboxylic acids is 1. The SMILES string of the molecule is CN=C(NCC1CC(=O)Nc2ccccc21)NCC(c1cccs1)N1CCOC(C)C1. The molecule has 1 aromatic carbocycles. The molecule has 4 rings (SSSR count). The molecule has 0 spiro atoms. The third-order valence-corrected chi connectivity index (χ3v) is 6.87. The smallest absolute Gasteiger partial charge is 0.225 e. The van der Waals surface area contributed by atoms with Crippen LogP contribution in [0.2, 0.25) is 0 Å². The Morgan fingerprint density at radius 1 is 1.32 bits per heavy atom. The van der Waals surface area contributed by atoms with Gasteiger partial charge < -0.3 is 20.7 Å². The molecule has 1 amide bonds. The topological polar surface area (TPSA) is 78.0 Å². The standard InChI is InChI=1S/C23H31N5O2S/c1-16-15-28(9-10-30-16)20(21-8-5-11-31-21)14-26-23(24-2)25-13-17-12-22(29)27-19-7-4-3-6-18(17)19/h3-8,11,16-17,20H,9-10,12-15H2,1-2H3,(H,27,29)(H2,24,25,26). The molecule has 0 radical (unpaired) electrons. The van der Waals surface area contributed by atoms with E-state index in [1.165, 1.54) is 10.4 Å². The van der Waals surface area contributed by atoms with E-state index in [1.807, 2.05) is 18.2 Å². The van der Waals surface area contributed by atoms with Crippen molar-refractivity contribution in [3.05, 3.63) is 52.2 Å². The van der Waals surface area contributed by atoms with Crippen LogP contribution in [0, 0.1) is 0 Å². The Morgan fingerprint density at radius 2 is 2.19 bits per heavy atom. The van der Waals surface area contributed by atoms with Gasteiger partial charge in [0.15, 0.2) is 5.96 Å². The zero-order chi connectivity index (χ0) is 21.6. The predicted molar refractivity (Wildman–Crippen MR) is 126 cm³/mol. The van der Waals surface area contributed by atoms with Crippen molar-refractivity contribution in [2.75, 3.05) is 45.2 Å². The third-order valence-electron chi connectivity index (χ3n) is 5.89. The van der Waals surface area contributed by atoms with Gasteiger partial charge in [0.25, 0.3) is 0 Å². The number of para-hydroxylation sites is 1. The molecule has 1 saturated heterocycles. The van der Waals surface area contributed by atoms with E-state index in [2.05, 4.69) is 56.3 Å². The van der Waals surface area contributed by atoms with Gasteiger partial charge in [0, 0.05) is 56.1 Å². The van der Waals surface area contributed by atoms with E-state index in [0.717, 1.165) is 37.9 Å². The van der Waals surface area contributed by atoms with Crippen molar-refractivity contribution in [2.45, 2.75) is 31.4 Å². The number of morpholine rings is 1. The molecule has 1 fully saturated rings. The van der Waals surface area contributed by atoms with Gasteiger partial charge in [-0.25, -0.2) is 0 Å². The van der Waals surface area contributed by atoms with Gasteiger partial charge in [-0.05, 0) is 30.0 Å². The van der Waals surface area contributed by atoms with Crippen molar-refractivity contribution in [1.29, 1.82) is 0 Å². The van der Waals surface area contributed by atoms with Gasteiger partial charge in [-0.1, -0.05) is 24.3 Å². The summed E-state index contributed by atoms with van der Waals surface area (Å²) in [5.41, 5.74) is 2.08. The van der Waals surface area contributed by atoms with Crippen LogP contribution in [-0.2, 0) is 9.53 Å². The zero-order valence-corrected chi connectivity index (χ0v) is 19.0. The fourth-order valence-corrected chi connectivity index (χ4v) is 5.20. The van der Waals surface area contributed by atoms with E-state index in [1.54, 1.807) is 18.4 Å². The van der Waals surface area contributed by atoms with Crippen LogP contribution in [0.5, 0.6) is 0 Å². The molecule has 3 heterocycles. The summed E-state index contributed by atoms with van der Waals surface area (Å²) in [6.07, 6.45) is 0.719. The molecule has 0 bridgehead atoms. The summed E-state index contributed by atoms with van der Waals surface area (Å²) in [5.74, 6) is 0.940. The van der Waals surface area contributed by atoms with E-state index in [0.29, 0.717) is 13.0 Å². The van der Waals surface area contributed by atoms with Crippen LogP contribution < -0.4 is 16.0 Å². The zero-order valence-electron chi connectivity index (χ0n) is 18.1. The maximum absolute atomic E-state index is 12.1. The Kier molecular flexibility index (Phi) is 7.21. The van der Waals surface area contributed by atoms with Gasteiger partial charge in [0.2, 0.25) is 5.91 Å². The quantitative estimate of drug-likeness (QED) is 0.475. The number of aliphatic imine (C=N–C) groups is 1. The largest absolute Gasteiger partial charge is 0.376 e. The Labute approximate surface area is 187 Å². The summed E-state index contributed by atoms with van der Waals surface area (Å²) in [7, 11) is 1.79.